The highest BCUT2D eigenvalue weighted by Crippen LogP contribution is 2.38. The molecule has 2 aromatic heterocycles. The van der Waals surface area contributed by atoms with Crippen LogP contribution in [0.15, 0.2) is 66.7 Å². The first kappa shape index (κ1) is 28.6. The second-order valence-corrected chi connectivity index (χ2v) is 12.7. The standard InChI is InChI=1S/C35H37N7O4/c1-39-13-15-41(16-14-39)25-6-3-23(4-7-25)37-35(44)38-24-5-10-30-28(18-24)33(43)31(46-30)17-22-19-40(2)34-32(22)29(11-12-36-34)42-20-26-8-9-27(21-42)45-26/h3-7,10-12,17-19,26-27H,8-9,13-16,20-21H2,1-2H3,(H2,37,38,44). The van der Waals surface area contributed by atoms with Crippen molar-refractivity contribution in [3.63, 3.8) is 0 Å². The van der Waals surface area contributed by atoms with Gasteiger partial charge in [-0.15, -0.1) is 0 Å². The second kappa shape index (κ2) is 11.5. The SMILES string of the molecule is CN1CCN(c2ccc(NC(=O)Nc3ccc4c(c3)C(=O)C(=Cc3cn(C)c5nccc(N6CC7CCC(C6)O7)c35)O4)cc2)CC1. The number of urea groups is 1. The fourth-order valence-electron chi connectivity index (χ4n) is 7.03. The molecule has 8 rings (SSSR count). The molecule has 6 heterocycles. The Balaban J connectivity index is 0.975. The highest BCUT2D eigenvalue weighted by molar-refractivity contribution is 6.16. The van der Waals surface area contributed by atoms with E-state index in [1.165, 1.54) is 0 Å². The number of aromatic nitrogens is 2. The monoisotopic (exact) mass is 619 g/mol. The highest BCUT2D eigenvalue weighted by Gasteiger charge is 2.35. The first-order valence-corrected chi connectivity index (χ1v) is 15.9. The third kappa shape index (κ3) is 5.35. The maximum absolute atomic E-state index is 13.6. The minimum Gasteiger partial charge on any atom is -0.452 e. The van der Waals surface area contributed by atoms with Crippen molar-refractivity contribution in [3.05, 3.63) is 77.8 Å². The van der Waals surface area contributed by atoms with Crippen molar-refractivity contribution in [2.75, 3.05) is 66.7 Å². The van der Waals surface area contributed by atoms with Crippen LogP contribution >= 0.6 is 0 Å². The summed E-state index contributed by atoms with van der Waals surface area (Å²) in [6, 6.07) is 14.6. The Kier molecular flexibility index (Phi) is 7.14. The van der Waals surface area contributed by atoms with Gasteiger partial charge in [0.2, 0.25) is 5.78 Å². The number of pyridine rings is 1. The molecule has 0 spiro atoms. The molecule has 2 atom stereocenters. The molecule has 3 saturated heterocycles. The molecule has 4 aromatic rings. The summed E-state index contributed by atoms with van der Waals surface area (Å²) >= 11 is 0. The molecule has 0 aliphatic carbocycles. The lowest BCUT2D eigenvalue weighted by atomic mass is 10.1. The third-order valence-electron chi connectivity index (χ3n) is 9.45. The van der Waals surface area contributed by atoms with E-state index in [9.17, 15) is 9.59 Å². The number of aryl methyl sites for hydroxylation is 1. The highest BCUT2D eigenvalue weighted by atomic mass is 16.5. The Bertz CT molecular complexity index is 1850. The van der Waals surface area contributed by atoms with E-state index in [1.807, 2.05) is 54.3 Å². The number of carbonyl (C=O) groups is 2. The van der Waals surface area contributed by atoms with Crippen LogP contribution in [0.25, 0.3) is 17.1 Å². The Morgan fingerprint density at radius 3 is 2.39 bits per heavy atom. The lowest BCUT2D eigenvalue weighted by Crippen LogP contribution is -2.44. The molecule has 4 aliphatic heterocycles. The number of anilines is 4. The maximum atomic E-state index is 13.6. The molecule has 2 amide bonds. The zero-order chi connectivity index (χ0) is 31.4. The number of allylic oxidation sites excluding steroid dienone is 1. The Hall–Kier alpha value is -4.87. The molecule has 0 saturated carbocycles. The fraction of sp³-hybridized carbons (Fsp3) is 0.343. The van der Waals surface area contributed by atoms with E-state index in [-0.39, 0.29) is 29.8 Å². The van der Waals surface area contributed by atoms with E-state index in [0.29, 0.717) is 22.7 Å². The number of morpholine rings is 1. The quantitative estimate of drug-likeness (QED) is 0.303. The third-order valence-corrected chi connectivity index (χ3v) is 9.45. The van der Waals surface area contributed by atoms with Gasteiger partial charge in [0.15, 0.2) is 5.76 Å². The molecule has 2 bridgehead atoms. The van der Waals surface area contributed by atoms with Crippen LogP contribution in [0.4, 0.5) is 27.5 Å². The van der Waals surface area contributed by atoms with Crippen LogP contribution in [0.3, 0.4) is 0 Å². The number of piperazine rings is 1. The van der Waals surface area contributed by atoms with E-state index < -0.39 is 0 Å². The molecule has 11 heteroatoms. The number of rotatable bonds is 5. The van der Waals surface area contributed by atoms with Crippen molar-refractivity contribution in [1.29, 1.82) is 0 Å². The van der Waals surface area contributed by atoms with Gasteiger partial charge in [-0.1, -0.05) is 0 Å². The number of hydrogen-bond acceptors (Lipinski definition) is 8. The molecule has 0 radical (unpaired) electrons. The number of nitrogens with zero attached hydrogens (tertiary/aromatic N) is 5. The molecule has 11 nitrogen and oxygen atoms in total. The van der Waals surface area contributed by atoms with Gasteiger partial charge in [0.05, 0.1) is 23.5 Å². The smallest absolute Gasteiger partial charge is 0.323 e. The number of benzene rings is 2. The van der Waals surface area contributed by atoms with Crippen LogP contribution in [0.5, 0.6) is 5.75 Å². The van der Waals surface area contributed by atoms with Crippen LogP contribution < -0.4 is 25.2 Å². The summed E-state index contributed by atoms with van der Waals surface area (Å²) in [5, 5.41) is 6.72. The number of likely N-dealkylation sites (N-methyl/N-ethyl adjacent to an activating group) is 1. The van der Waals surface area contributed by atoms with Gasteiger partial charge in [0.25, 0.3) is 0 Å². The number of carbonyl (C=O) groups excluding carboxylic acids is 2. The predicted molar refractivity (Wildman–Crippen MR) is 179 cm³/mol. The van der Waals surface area contributed by atoms with Crippen LogP contribution in [0, 0.1) is 0 Å². The number of ketones is 1. The molecule has 4 aliphatic rings. The van der Waals surface area contributed by atoms with Crippen LogP contribution in [0.1, 0.15) is 28.8 Å². The number of amides is 2. The summed E-state index contributed by atoms with van der Waals surface area (Å²) in [6.07, 6.45) is 8.30. The van der Waals surface area contributed by atoms with Crippen molar-refractivity contribution in [3.8, 4) is 5.75 Å². The van der Waals surface area contributed by atoms with E-state index in [4.69, 9.17) is 9.47 Å². The maximum Gasteiger partial charge on any atom is 0.323 e. The van der Waals surface area contributed by atoms with Gasteiger partial charge >= 0.3 is 6.03 Å². The molecule has 2 aromatic carbocycles. The van der Waals surface area contributed by atoms with Gasteiger partial charge in [-0.2, -0.15) is 0 Å². The minimum atomic E-state index is -0.387. The molecular weight excluding hydrogens is 582 g/mol. The number of fused-ring (bicyclic) bond motifs is 4. The van der Waals surface area contributed by atoms with E-state index in [1.54, 1.807) is 24.3 Å². The second-order valence-electron chi connectivity index (χ2n) is 12.7. The normalized spacial score (nSPS) is 22.0. The van der Waals surface area contributed by atoms with E-state index in [2.05, 4.69) is 37.4 Å². The summed E-state index contributed by atoms with van der Waals surface area (Å²) in [6.45, 7) is 5.71. The molecule has 46 heavy (non-hydrogen) atoms. The summed E-state index contributed by atoms with van der Waals surface area (Å²) in [5.41, 5.74) is 5.54. The Morgan fingerprint density at radius 2 is 1.63 bits per heavy atom. The van der Waals surface area contributed by atoms with E-state index in [0.717, 1.165) is 80.1 Å². The van der Waals surface area contributed by atoms with Gasteiger partial charge < -0.3 is 39.4 Å². The van der Waals surface area contributed by atoms with Crippen molar-refractivity contribution in [1.82, 2.24) is 14.5 Å². The lowest BCUT2D eigenvalue weighted by Gasteiger charge is -2.34. The van der Waals surface area contributed by atoms with E-state index >= 15 is 0 Å². The number of ether oxygens (including phenoxy) is 2. The lowest BCUT2D eigenvalue weighted by molar-refractivity contribution is 0.0306. The van der Waals surface area contributed by atoms with Crippen molar-refractivity contribution in [2.24, 2.45) is 7.05 Å². The van der Waals surface area contributed by atoms with Crippen LogP contribution in [-0.4, -0.2) is 84.8 Å². The summed E-state index contributed by atoms with van der Waals surface area (Å²) < 4.78 is 14.1. The van der Waals surface area contributed by atoms with Crippen molar-refractivity contribution in [2.45, 2.75) is 25.0 Å². The number of Topliss-reactive ketones (excluding diaryl/α,β-unsaturated/α-hetero) is 1. The first-order valence-electron chi connectivity index (χ1n) is 15.9. The van der Waals surface area contributed by atoms with Crippen molar-refractivity contribution < 1.29 is 19.1 Å². The van der Waals surface area contributed by atoms with Crippen LogP contribution in [-0.2, 0) is 11.8 Å². The Morgan fingerprint density at radius 1 is 0.913 bits per heavy atom. The van der Waals surface area contributed by atoms with Crippen LogP contribution in [0.2, 0.25) is 0 Å². The Labute approximate surface area is 267 Å². The topological polar surface area (TPSA) is 104 Å². The summed E-state index contributed by atoms with van der Waals surface area (Å²) in [4.78, 5) is 38.1. The number of nitrogens with one attached hydrogen (secondary N) is 2. The molecule has 3 fully saturated rings. The van der Waals surface area contributed by atoms with Crippen molar-refractivity contribution >= 4 is 51.7 Å². The van der Waals surface area contributed by atoms with Gasteiger partial charge in [0.1, 0.15) is 11.4 Å². The van der Waals surface area contributed by atoms with Gasteiger partial charge in [-0.25, -0.2) is 9.78 Å². The molecule has 236 valence electrons. The van der Waals surface area contributed by atoms with Gasteiger partial charge in [-0.05, 0) is 74.5 Å². The predicted octanol–water partition coefficient (Wildman–Crippen LogP) is 4.95. The zero-order valence-corrected chi connectivity index (χ0v) is 26.0. The molecule has 2 unspecified atom stereocenters. The molecule has 2 N–H and O–H groups in total. The largest absolute Gasteiger partial charge is 0.452 e. The number of hydrogen-bond donors (Lipinski definition) is 2. The average molecular weight is 620 g/mol. The van der Waals surface area contributed by atoms with Gasteiger partial charge in [0, 0.05) is 86.7 Å². The summed E-state index contributed by atoms with van der Waals surface area (Å²) in [5.74, 6) is 0.469. The average Bonchev–Trinajstić information content (AvgIpc) is 3.68. The zero-order valence-electron chi connectivity index (χ0n) is 26.0. The first-order chi connectivity index (χ1) is 22.4. The minimum absolute atomic E-state index is 0.231. The summed E-state index contributed by atoms with van der Waals surface area (Å²) in [7, 11) is 4.10. The molecular formula is C35H37N7O4. The fourth-order valence-corrected chi connectivity index (χ4v) is 7.03. The van der Waals surface area contributed by atoms with Gasteiger partial charge in [-0.3, -0.25) is 4.79 Å².